The van der Waals surface area contributed by atoms with E-state index in [-0.39, 0.29) is 11.5 Å². The molecule has 0 saturated heterocycles. The van der Waals surface area contributed by atoms with Gasteiger partial charge in [0.15, 0.2) is 21.2 Å². The van der Waals surface area contributed by atoms with Gasteiger partial charge in [-0.2, -0.15) is 0 Å². The Balaban J connectivity index is 2.15. The van der Waals surface area contributed by atoms with Crippen molar-refractivity contribution in [3.05, 3.63) is 27.3 Å². The molecule has 0 heterocycles. The van der Waals surface area contributed by atoms with Crippen LogP contribution in [0.1, 0.15) is 120 Å². The number of methoxy groups -OCH3 is 1. The molecule has 2 amide bonds. The fourth-order valence-electron chi connectivity index (χ4n) is 4.21. The second-order valence-electron chi connectivity index (χ2n) is 9.75. The Morgan fingerprint density at radius 3 is 1.87 bits per heavy atom. The molecule has 0 saturated carbocycles. The second kappa shape index (κ2) is 24.6. The number of nitrogens with one attached hydrogen (secondary N) is 1. The molecule has 0 atom stereocenters. The van der Waals surface area contributed by atoms with E-state index < -0.39 is 27.1 Å². The van der Waals surface area contributed by atoms with E-state index in [1.165, 1.54) is 77.0 Å². The Labute approximate surface area is 240 Å². The monoisotopic (exact) mass is 647 g/mol. The maximum atomic E-state index is 12.6. The highest BCUT2D eigenvalue weighted by molar-refractivity contribution is 14.1. The summed E-state index contributed by atoms with van der Waals surface area (Å²) in [6, 6.07) is 4.84. The zero-order valence-electron chi connectivity index (χ0n) is 23.7. The number of ether oxygens (including phenoxy) is 3. The lowest BCUT2D eigenvalue weighted by Crippen LogP contribution is -2.30. The number of benzene rings is 1. The van der Waals surface area contributed by atoms with Gasteiger partial charge in [0.25, 0.3) is 5.91 Å². The van der Waals surface area contributed by atoms with Crippen molar-refractivity contribution in [1.82, 2.24) is 5.32 Å². The molecule has 0 aromatic heterocycles. The molecule has 38 heavy (non-hydrogen) atoms. The van der Waals surface area contributed by atoms with Gasteiger partial charge in [0.05, 0.1) is 29.0 Å². The summed E-state index contributed by atoms with van der Waals surface area (Å²) in [6.45, 7) is 3.96. The molecule has 0 spiro atoms. The van der Waals surface area contributed by atoms with Crippen molar-refractivity contribution in [2.75, 3.05) is 33.5 Å². The SMILES string of the molecule is CCCCCCCCCCCCCCCCCC(=O)NC(=O)c1cc(OCCOCCOC)ccc1I=O. The van der Waals surface area contributed by atoms with Crippen LogP contribution in [0.15, 0.2) is 18.2 Å². The minimum Gasteiger partial charge on any atom is -0.491 e. The van der Waals surface area contributed by atoms with Gasteiger partial charge in [-0.25, -0.2) is 0 Å². The number of halogens is 1. The number of rotatable bonds is 25. The van der Waals surface area contributed by atoms with E-state index >= 15 is 0 Å². The number of carbonyl (C=O) groups is 2. The summed E-state index contributed by atoms with van der Waals surface area (Å²) in [4.78, 5) is 24.9. The van der Waals surface area contributed by atoms with E-state index in [1.54, 1.807) is 25.3 Å². The summed E-state index contributed by atoms with van der Waals surface area (Å²) in [5.74, 6) is -0.345. The maximum absolute atomic E-state index is 12.6. The van der Waals surface area contributed by atoms with Crippen LogP contribution in [0.3, 0.4) is 0 Å². The first-order valence-corrected chi connectivity index (χ1v) is 16.5. The molecule has 0 aliphatic heterocycles. The van der Waals surface area contributed by atoms with E-state index in [4.69, 9.17) is 14.2 Å². The van der Waals surface area contributed by atoms with Crippen LogP contribution >= 0.6 is 21.2 Å². The topological polar surface area (TPSA) is 90.9 Å². The number of imide groups is 1. The van der Waals surface area contributed by atoms with Gasteiger partial charge in [-0.1, -0.05) is 96.8 Å². The number of hydrogen-bond acceptors (Lipinski definition) is 6. The largest absolute Gasteiger partial charge is 0.491 e. The van der Waals surface area contributed by atoms with Gasteiger partial charge >= 0.3 is 0 Å². The summed E-state index contributed by atoms with van der Waals surface area (Å²) in [5, 5.41) is 2.44. The highest BCUT2D eigenvalue weighted by Gasteiger charge is 2.16. The molecule has 0 aliphatic carbocycles. The third-order valence-corrected chi connectivity index (χ3v) is 7.87. The van der Waals surface area contributed by atoms with E-state index in [0.717, 1.165) is 19.3 Å². The lowest BCUT2D eigenvalue weighted by molar-refractivity contribution is -0.120. The van der Waals surface area contributed by atoms with Crippen molar-refractivity contribution < 1.29 is 26.9 Å². The highest BCUT2D eigenvalue weighted by atomic mass is 127. The van der Waals surface area contributed by atoms with Crippen LogP contribution in [0.2, 0.25) is 0 Å². The van der Waals surface area contributed by atoms with Crippen molar-refractivity contribution >= 4 is 33.0 Å². The zero-order valence-corrected chi connectivity index (χ0v) is 25.9. The molecular formula is C30H50INO6. The van der Waals surface area contributed by atoms with Crippen LogP contribution < -0.4 is 10.1 Å². The van der Waals surface area contributed by atoms with Crippen LogP contribution in [-0.2, 0) is 17.3 Å². The van der Waals surface area contributed by atoms with Crippen molar-refractivity contribution in [2.24, 2.45) is 0 Å². The van der Waals surface area contributed by atoms with Crippen LogP contribution in [0.25, 0.3) is 0 Å². The highest BCUT2D eigenvalue weighted by Crippen LogP contribution is 2.22. The molecule has 1 N–H and O–H groups in total. The van der Waals surface area contributed by atoms with Crippen LogP contribution in [-0.4, -0.2) is 45.4 Å². The first-order chi connectivity index (χ1) is 18.6. The molecule has 218 valence electrons. The van der Waals surface area contributed by atoms with Gasteiger partial charge in [-0.15, -0.1) is 0 Å². The molecule has 0 bridgehead atoms. The van der Waals surface area contributed by atoms with Gasteiger partial charge in [0, 0.05) is 13.5 Å². The Bertz CT molecular complexity index is 773. The van der Waals surface area contributed by atoms with E-state index in [9.17, 15) is 12.7 Å². The molecule has 0 fully saturated rings. The van der Waals surface area contributed by atoms with Gasteiger partial charge in [-0.05, 0) is 24.6 Å². The maximum Gasteiger partial charge on any atom is 0.259 e. The predicted octanol–water partition coefficient (Wildman–Crippen LogP) is 7.73. The van der Waals surface area contributed by atoms with E-state index in [1.807, 2.05) is 0 Å². The molecule has 7 nitrogen and oxygen atoms in total. The summed E-state index contributed by atoms with van der Waals surface area (Å²) in [6.07, 6.45) is 19.3. The first kappa shape index (κ1) is 34.6. The average molecular weight is 648 g/mol. The third kappa shape index (κ3) is 18.0. The van der Waals surface area contributed by atoms with Crippen LogP contribution in [0, 0.1) is 3.57 Å². The van der Waals surface area contributed by atoms with E-state index in [2.05, 4.69) is 12.2 Å². The normalized spacial score (nSPS) is 11.0. The number of unbranched alkanes of at least 4 members (excludes halogenated alkanes) is 14. The molecule has 0 unspecified atom stereocenters. The minimum atomic E-state index is -1.56. The molecule has 1 aromatic carbocycles. The number of hydrogen-bond donors (Lipinski definition) is 1. The summed E-state index contributed by atoms with van der Waals surface area (Å²) in [5.41, 5.74) is 0.232. The van der Waals surface area contributed by atoms with Crippen molar-refractivity contribution in [1.29, 1.82) is 0 Å². The standard InChI is InChI=1S/C30H50INO6/c1-3-4-5-6-7-8-9-10-11-12-13-14-15-16-17-18-29(33)32-30(34)27-25-26(19-20-28(27)31-35)38-24-23-37-22-21-36-2/h19-20,25H,3-18,21-24H2,1-2H3,(H,32,33,34). The van der Waals surface area contributed by atoms with Gasteiger partial charge < -0.3 is 14.2 Å². The second-order valence-corrected chi connectivity index (χ2v) is 11.4. The molecular weight excluding hydrogens is 597 g/mol. The third-order valence-electron chi connectivity index (χ3n) is 6.45. The van der Waals surface area contributed by atoms with Crippen LogP contribution in [0.4, 0.5) is 0 Å². The summed E-state index contributed by atoms with van der Waals surface area (Å²) < 4.78 is 28.0. The molecule has 1 aromatic rings. The zero-order chi connectivity index (χ0) is 27.7. The fourth-order valence-corrected chi connectivity index (χ4v) is 5.18. The molecule has 1 rings (SSSR count). The predicted molar refractivity (Wildman–Crippen MR) is 160 cm³/mol. The van der Waals surface area contributed by atoms with Crippen molar-refractivity contribution in [3.63, 3.8) is 0 Å². The van der Waals surface area contributed by atoms with Gasteiger partial charge in [0.2, 0.25) is 5.91 Å². The first-order valence-electron chi connectivity index (χ1n) is 14.6. The summed E-state index contributed by atoms with van der Waals surface area (Å²) >= 11 is -1.56. The lowest BCUT2D eigenvalue weighted by atomic mass is 10.0. The Kier molecular flexibility index (Phi) is 22.5. The smallest absolute Gasteiger partial charge is 0.259 e. The lowest BCUT2D eigenvalue weighted by Gasteiger charge is -2.10. The number of amides is 2. The van der Waals surface area contributed by atoms with Gasteiger partial charge in [0.1, 0.15) is 12.4 Å². The van der Waals surface area contributed by atoms with Gasteiger partial charge in [-0.3, -0.25) is 18.0 Å². The van der Waals surface area contributed by atoms with E-state index in [0.29, 0.717) is 42.2 Å². The Morgan fingerprint density at radius 2 is 1.32 bits per heavy atom. The quantitative estimate of drug-likeness (QED) is 0.0863. The fraction of sp³-hybridized carbons (Fsp3) is 0.733. The van der Waals surface area contributed by atoms with Crippen molar-refractivity contribution in [3.8, 4) is 5.75 Å². The molecule has 0 aliphatic rings. The Morgan fingerprint density at radius 1 is 0.763 bits per heavy atom. The summed E-state index contributed by atoms with van der Waals surface area (Å²) in [7, 11) is 1.61. The van der Waals surface area contributed by atoms with Crippen molar-refractivity contribution in [2.45, 2.75) is 110 Å². The average Bonchev–Trinajstić information content (AvgIpc) is 2.92. The minimum absolute atomic E-state index is 0.232. The molecule has 0 radical (unpaired) electrons. The Hall–Kier alpha value is -1.39. The number of carbonyl (C=O) groups excluding carboxylic acids is 2. The molecule has 8 heteroatoms. The van der Waals surface area contributed by atoms with Crippen LogP contribution in [0.5, 0.6) is 5.75 Å².